The minimum atomic E-state index is 0. The molecule has 24 heavy (non-hydrogen) atoms. The first kappa shape index (κ1) is 25.4. The molecule has 4 radical (unpaired) electrons. The molecule has 0 N–H and O–H groups in total. The van der Waals surface area contributed by atoms with Crippen LogP contribution in [0, 0.1) is 13.8 Å². The maximum Gasteiger partial charge on any atom is 4.00 e. The number of benzene rings is 2. The van der Waals surface area contributed by atoms with Crippen LogP contribution in [-0.2, 0) is 21.7 Å². The number of aryl methyl sites for hydroxylation is 2. The predicted octanol–water partition coefficient (Wildman–Crippen LogP) is -0.641. The van der Waals surface area contributed by atoms with Gasteiger partial charge in [-0.1, -0.05) is 26.0 Å². The van der Waals surface area contributed by atoms with Crippen molar-refractivity contribution in [3.8, 4) is 0 Å². The van der Waals surface area contributed by atoms with Gasteiger partial charge in [-0.2, -0.15) is 12.1 Å². The van der Waals surface area contributed by atoms with E-state index >= 15 is 0 Å². The van der Waals surface area contributed by atoms with Crippen LogP contribution >= 0.6 is 0 Å². The summed E-state index contributed by atoms with van der Waals surface area (Å²) in [4.78, 5) is 0. The average Bonchev–Trinajstić information content (AvgIpc) is 2.99. The van der Waals surface area contributed by atoms with E-state index in [0.717, 1.165) is 0 Å². The van der Waals surface area contributed by atoms with Gasteiger partial charge in [0.1, 0.15) is 0 Å². The summed E-state index contributed by atoms with van der Waals surface area (Å²) in [6.07, 6.45) is 0. The van der Waals surface area contributed by atoms with Crippen LogP contribution in [0.1, 0.15) is 11.1 Å². The van der Waals surface area contributed by atoms with Gasteiger partial charge in [0.05, 0.1) is 0 Å². The Morgan fingerprint density at radius 3 is 1.29 bits per heavy atom. The van der Waals surface area contributed by atoms with Gasteiger partial charge in [-0.3, -0.25) is 0 Å². The Kier molecular flexibility index (Phi) is 12.4. The molecule has 0 spiro atoms. The molecule has 0 aliphatic carbocycles. The van der Waals surface area contributed by atoms with Gasteiger partial charge in [0, 0.05) is 11.0 Å². The van der Waals surface area contributed by atoms with Crippen molar-refractivity contribution in [3.05, 3.63) is 83.9 Å². The molecule has 0 aromatic heterocycles. The molecule has 0 nitrogen and oxygen atoms in total. The summed E-state index contributed by atoms with van der Waals surface area (Å²) in [5.74, 6) is 0. The quantitative estimate of drug-likeness (QED) is 0.270. The van der Waals surface area contributed by atoms with Crippen molar-refractivity contribution in [2.75, 3.05) is 0 Å². The fraction of sp³-hybridized carbons (Fsp3) is 0.100. The molecule has 4 rings (SSSR count). The fourth-order valence-corrected chi connectivity index (χ4v) is 2.61. The summed E-state index contributed by atoms with van der Waals surface area (Å²) in [7, 11) is 0. The summed E-state index contributed by atoms with van der Waals surface area (Å²) in [6, 6.07) is 25.7. The van der Waals surface area contributed by atoms with Crippen molar-refractivity contribution < 1.29 is 46.5 Å². The zero-order valence-electron chi connectivity index (χ0n) is 13.7. The SMILES string of the molecule is Cc1cc2ccccc2[cH-]1.Cc1cc2ccccc2[cH-]1.[Cl-].[Cl-].[Si].[Ti+4]. The molecule has 0 saturated carbocycles. The van der Waals surface area contributed by atoms with Crippen molar-refractivity contribution in [1.82, 2.24) is 0 Å². The van der Waals surface area contributed by atoms with Crippen LogP contribution in [0.25, 0.3) is 21.5 Å². The Morgan fingerprint density at radius 2 is 0.958 bits per heavy atom. The Labute approximate surface area is 176 Å². The molecule has 120 valence electrons. The van der Waals surface area contributed by atoms with Gasteiger partial charge in [0.2, 0.25) is 0 Å². The zero-order valence-corrected chi connectivity index (χ0v) is 17.8. The van der Waals surface area contributed by atoms with Crippen molar-refractivity contribution in [3.63, 3.8) is 0 Å². The second kappa shape index (κ2) is 11.7. The number of rotatable bonds is 0. The first-order chi connectivity index (χ1) is 9.72. The van der Waals surface area contributed by atoms with E-state index in [4.69, 9.17) is 0 Å². The molecule has 4 aromatic carbocycles. The van der Waals surface area contributed by atoms with E-state index in [9.17, 15) is 0 Å². The minimum Gasteiger partial charge on any atom is -1.00 e. The second-order valence-electron chi connectivity index (χ2n) is 5.32. The number of fused-ring (bicyclic) bond motifs is 2. The van der Waals surface area contributed by atoms with Gasteiger partial charge in [-0.15, -0.1) is 81.2 Å². The first-order valence-corrected chi connectivity index (χ1v) is 6.96. The van der Waals surface area contributed by atoms with E-state index in [0.29, 0.717) is 0 Å². The number of hydrogen-bond donors (Lipinski definition) is 0. The van der Waals surface area contributed by atoms with Crippen LogP contribution < -0.4 is 24.8 Å². The monoisotopic (exact) mass is 404 g/mol. The van der Waals surface area contributed by atoms with Crippen molar-refractivity contribution >= 4 is 32.5 Å². The topological polar surface area (TPSA) is 0 Å². The maximum atomic E-state index is 2.20. The zero-order chi connectivity index (χ0) is 13.9. The van der Waals surface area contributed by atoms with Crippen molar-refractivity contribution in [2.45, 2.75) is 13.8 Å². The molecule has 0 heterocycles. The van der Waals surface area contributed by atoms with E-state index in [1.165, 1.54) is 32.7 Å². The van der Waals surface area contributed by atoms with Gasteiger partial charge >= 0.3 is 21.7 Å². The maximum absolute atomic E-state index is 2.20. The molecule has 0 amide bonds. The summed E-state index contributed by atoms with van der Waals surface area (Å²) in [6.45, 7) is 4.25. The van der Waals surface area contributed by atoms with Crippen LogP contribution in [0.4, 0.5) is 0 Å². The van der Waals surface area contributed by atoms with Gasteiger partial charge in [-0.05, 0) is 0 Å². The molecule has 4 aromatic rings. The van der Waals surface area contributed by atoms with Crippen LogP contribution in [0.2, 0.25) is 0 Å². The molecule has 0 saturated heterocycles. The third kappa shape index (κ3) is 6.23. The van der Waals surface area contributed by atoms with E-state index < -0.39 is 0 Å². The molecule has 0 bridgehead atoms. The Morgan fingerprint density at radius 1 is 0.625 bits per heavy atom. The Bertz CT molecular complexity index is 711. The predicted molar refractivity (Wildman–Crippen MR) is 94.3 cm³/mol. The van der Waals surface area contributed by atoms with E-state index in [1.54, 1.807) is 0 Å². The van der Waals surface area contributed by atoms with E-state index in [2.05, 4.69) is 86.6 Å². The molecule has 0 unspecified atom stereocenters. The molecule has 0 aliphatic rings. The Balaban J connectivity index is 0. The van der Waals surface area contributed by atoms with Gasteiger partial charge in [-0.25, -0.2) is 0 Å². The van der Waals surface area contributed by atoms with Crippen molar-refractivity contribution in [1.29, 1.82) is 0 Å². The number of hydrogen-bond acceptors (Lipinski definition) is 0. The molecular formula is C20H18Cl2SiTi. The summed E-state index contributed by atoms with van der Waals surface area (Å²) >= 11 is 0. The second-order valence-corrected chi connectivity index (χ2v) is 5.32. The van der Waals surface area contributed by atoms with Crippen molar-refractivity contribution in [2.24, 2.45) is 0 Å². The van der Waals surface area contributed by atoms with Gasteiger partial charge in [0.25, 0.3) is 0 Å². The molecule has 0 aliphatic heterocycles. The molecule has 0 atom stereocenters. The van der Waals surface area contributed by atoms with E-state index in [-0.39, 0.29) is 57.5 Å². The summed E-state index contributed by atoms with van der Waals surface area (Å²) < 4.78 is 0. The van der Waals surface area contributed by atoms with Gasteiger partial charge < -0.3 is 24.8 Å². The molecular weight excluding hydrogens is 387 g/mol. The average molecular weight is 405 g/mol. The van der Waals surface area contributed by atoms with Crippen LogP contribution in [0.3, 0.4) is 0 Å². The minimum absolute atomic E-state index is 0. The third-order valence-electron chi connectivity index (χ3n) is 3.52. The molecule has 0 fully saturated rings. The standard InChI is InChI=1S/2C10H9.2ClH.Si.Ti/c2*1-8-6-9-4-2-3-5-10(9)7-8;;;;/h2*2-7H,1H3;2*1H;;/q2*-1;;;;+4/p-2. The number of halogens is 2. The van der Waals surface area contributed by atoms with Crippen LogP contribution in [-0.4, -0.2) is 11.0 Å². The first-order valence-electron chi connectivity index (χ1n) is 6.96. The third-order valence-corrected chi connectivity index (χ3v) is 3.52. The molecule has 4 heteroatoms. The fourth-order valence-electron chi connectivity index (χ4n) is 2.61. The van der Waals surface area contributed by atoms with Crippen LogP contribution in [0.5, 0.6) is 0 Å². The van der Waals surface area contributed by atoms with Gasteiger partial charge in [0.15, 0.2) is 0 Å². The summed E-state index contributed by atoms with van der Waals surface area (Å²) in [5.41, 5.74) is 2.70. The Hall–Kier alpha value is -0.829. The van der Waals surface area contributed by atoms with Crippen LogP contribution in [0.15, 0.2) is 72.8 Å². The normalized spacial score (nSPS) is 8.75. The van der Waals surface area contributed by atoms with E-state index in [1.807, 2.05) is 0 Å². The smallest absolute Gasteiger partial charge is 1.00 e. The summed E-state index contributed by atoms with van der Waals surface area (Å²) in [5, 5.41) is 5.39. The largest absolute Gasteiger partial charge is 4.00 e.